The second kappa shape index (κ2) is 15.4. The average molecular weight is 801 g/mol. The molecule has 4 aromatic rings. The zero-order valence-corrected chi connectivity index (χ0v) is 31.6. The van der Waals surface area contributed by atoms with E-state index in [-0.39, 0.29) is 41.4 Å². The van der Waals surface area contributed by atoms with Crippen LogP contribution in [0.15, 0.2) is 42.9 Å². The lowest BCUT2D eigenvalue weighted by atomic mass is 9.94. The molecule has 0 bridgehead atoms. The molecular weight excluding hydrogens is 758 g/mol. The van der Waals surface area contributed by atoms with Crippen molar-refractivity contribution in [2.24, 2.45) is 5.92 Å². The molecule has 304 valence electrons. The summed E-state index contributed by atoms with van der Waals surface area (Å²) in [6.45, 7) is 6.40. The number of hydrogen-bond donors (Lipinski definition) is 2. The van der Waals surface area contributed by atoms with Crippen LogP contribution in [0.25, 0.3) is 5.65 Å². The standard InChI is InChI=1S/C38H42F2N12O6/c39-33(40)32-29(42-35(54)28-20-41-49-13-7-30(43-34(28)49)48-15-17-58-18-16-48)22-50(45-32)24-5-9-46(10-6-24)21-23-3-11-47(12-4-23)25-1-2-26-27(19-25)37(56)52(36(26)55)51-14-8-31(53)44-38(51)57/h1-2,7,13,19-20,22-24,33H,3-6,8-12,14-18,21H2,(H,42,54)(H,44,53,57). The number of nitrogens with zero attached hydrogens (tertiary/aromatic N) is 10. The number of amides is 6. The van der Waals surface area contributed by atoms with Gasteiger partial charge in [0.05, 0.1) is 48.8 Å². The number of imide groups is 2. The van der Waals surface area contributed by atoms with E-state index < -0.39 is 41.8 Å². The maximum atomic E-state index is 14.2. The Balaban J connectivity index is 0.782. The van der Waals surface area contributed by atoms with Crippen LogP contribution in [-0.2, 0) is 9.53 Å². The number of piperidine rings is 2. The van der Waals surface area contributed by atoms with Gasteiger partial charge in [0, 0.05) is 70.3 Å². The highest BCUT2D eigenvalue weighted by Gasteiger charge is 2.43. The fourth-order valence-electron chi connectivity index (χ4n) is 8.51. The number of rotatable bonds is 9. The minimum absolute atomic E-state index is 0.00613. The molecule has 0 unspecified atom stereocenters. The molecule has 58 heavy (non-hydrogen) atoms. The molecule has 0 atom stereocenters. The predicted molar refractivity (Wildman–Crippen MR) is 203 cm³/mol. The van der Waals surface area contributed by atoms with Crippen molar-refractivity contribution in [3.63, 3.8) is 0 Å². The molecule has 6 amide bonds. The number of alkyl halides is 2. The van der Waals surface area contributed by atoms with Gasteiger partial charge in [-0.15, -0.1) is 0 Å². The molecule has 4 saturated heterocycles. The van der Waals surface area contributed by atoms with E-state index in [0.29, 0.717) is 56.5 Å². The number of hydrogen-bond acceptors (Lipinski definition) is 12. The average Bonchev–Trinajstić information content (AvgIpc) is 3.93. The molecule has 5 aliphatic heterocycles. The van der Waals surface area contributed by atoms with Gasteiger partial charge in [-0.3, -0.25) is 29.2 Å². The minimum atomic E-state index is -2.89. The number of benzene rings is 1. The number of morpholine rings is 1. The predicted octanol–water partition coefficient (Wildman–Crippen LogP) is 2.96. The van der Waals surface area contributed by atoms with Gasteiger partial charge in [0.1, 0.15) is 11.4 Å². The molecule has 1 aromatic carbocycles. The Bertz CT molecular complexity index is 2280. The van der Waals surface area contributed by atoms with Gasteiger partial charge in [0.2, 0.25) is 5.91 Å². The number of hydrazine groups is 1. The second-order valence-electron chi connectivity index (χ2n) is 15.2. The number of ether oxygens (including phenoxy) is 1. The highest BCUT2D eigenvalue weighted by atomic mass is 19.3. The van der Waals surface area contributed by atoms with E-state index in [1.807, 2.05) is 12.1 Å². The van der Waals surface area contributed by atoms with Crippen LogP contribution in [0.4, 0.5) is 30.8 Å². The van der Waals surface area contributed by atoms with Gasteiger partial charge in [0.25, 0.3) is 24.1 Å². The van der Waals surface area contributed by atoms with E-state index in [1.165, 1.54) is 16.9 Å². The summed E-state index contributed by atoms with van der Waals surface area (Å²) in [4.78, 5) is 75.1. The Labute approximate surface area is 330 Å². The zero-order valence-electron chi connectivity index (χ0n) is 31.6. The minimum Gasteiger partial charge on any atom is -0.378 e. The first-order valence-corrected chi connectivity index (χ1v) is 19.6. The summed E-state index contributed by atoms with van der Waals surface area (Å²) in [6, 6.07) is 6.06. The number of urea groups is 1. The zero-order chi connectivity index (χ0) is 40.1. The molecule has 4 fully saturated rings. The van der Waals surface area contributed by atoms with E-state index >= 15 is 0 Å². The summed E-state index contributed by atoms with van der Waals surface area (Å²) in [6.07, 6.45) is 4.98. The molecule has 0 saturated carbocycles. The molecule has 0 radical (unpaired) electrons. The lowest BCUT2D eigenvalue weighted by molar-refractivity contribution is -0.122. The largest absolute Gasteiger partial charge is 0.378 e. The number of halogens is 2. The van der Waals surface area contributed by atoms with Gasteiger partial charge in [-0.1, -0.05) is 0 Å². The summed E-state index contributed by atoms with van der Waals surface area (Å²) < 4.78 is 36.9. The van der Waals surface area contributed by atoms with E-state index in [4.69, 9.17) is 4.74 Å². The smallest absolute Gasteiger partial charge is 0.343 e. The van der Waals surface area contributed by atoms with Crippen LogP contribution in [0.5, 0.6) is 0 Å². The molecule has 8 heterocycles. The lowest BCUT2D eigenvalue weighted by Gasteiger charge is -2.38. The summed E-state index contributed by atoms with van der Waals surface area (Å²) in [5.74, 6) is -1.12. The molecular formula is C38H42F2N12O6. The molecule has 5 aliphatic rings. The molecule has 20 heteroatoms. The SMILES string of the molecule is O=C1CCN(N2C(=O)c3ccc(N4CCC(CN5CCC(n6cc(NC(=O)c7cnn8ccc(N9CCOCC9)nc78)c(C(F)F)n6)CC5)CC4)cc3C2=O)C(=O)N1. The van der Waals surface area contributed by atoms with Gasteiger partial charge >= 0.3 is 6.03 Å². The second-order valence-corrected chi connectivity index (χ2v) is 15.2. The van der Waals surface area contributed by atoms with E-state index in [9.17, 15) is 32.8 Å². The van der Waals surface area contributed by atoms with Crippen LogP contribution < -0.4 is 20.4 Å². The normalized spacial score (nSPS) is 20.1. The third-order valence-corrected chi connectivity index (χ3v) is 11.7. The van der Waals surface area contributed by atoms with Crippen LogP contribution in [-0.4, -0.2) is 135 Å². The van der Waals surface area contributed by atoms with Crippen molar-refractivity contribution < 1.29 is 37.5 Å². The van der Waals surface area contributed by atoms with Crippen molar-refractivity contribution in [1.82, 2.24) is 44.6 Å². The van der Waals surface area contributed by atoms with Crippen molar-refractivity contribution in [3.05, 3.63) is 65.2 Å². The lowest BCUT2D eigenvalue weighted by Crippen LogP contribution is -2.58. The number of carbonyl (C=O) groups excluding carboxylic acids is 5. The first-order chi connectivity index (χ1) is 28.1. The number of carbonyl (C=O) groups is 5. The summed E-state index contributed by atoms with van der Waals surface area (Å²) in [5, 5.41) is 15.1. The van der Waals surface area contributed by atoms with E-state index in [1.54, 1.807) is 23.0 Å². The van der Waals surface area contributed by atoms with Crippen LogP contribution in [0.1, 0.15) is 81.3 Å². The Hall–Kier alpha value is -6.02. The van der Waals surface area contributed by atoms with E-state index in [2.05, 4.69) is 40.5 Å². The Morgan fingerprint density at radius 1 is 0.914 bits per heavy atom. The van der Waals surface area contributed by atoms with Gasteiger partial charge in [-0.2, -0.15) is 15.2 Å². The van der Waals surface area contributed by atoms with Crippen LogP contribution in [0, 0.1) is 5.92 Å². The molecule has 9 rings (SSSR count). The number of anilines is 3. The van der Waals surface area contributed by atoms with E-state index in [0.717, 1.165) is 61.3 Å². The van der Waals surface area contributed by atoms with Crippen molar-refractivity contribution >= 4 is 52.5 Å². The number of nitrogens with one attached hydrogen (secondary N) is 2. The first-order valence-electron chi connectivity index (χ1n) is 19.6. The quantitative estimate of drug-likeness (QED) is 0.237. The summed E-state index contributed by atoms with van der Waals surface area (Å²) in [7, 11) is 0. The van der Waals surface area contributed by atoms with Gasteiger partial charge in [-0.05, 0) is 55.9 Å². The summed E-state index contributed by atoms with van der Waals surface area (Å²) >= 11 is 0. The molecule has 3 aromatic heterocycles. The Morgan fingerprint density at radius 2 is 1.67 bits per heavy atom. The van der Waals surface area contributed by atoms with Crippen molar-refractivity contribution in [1.29, 1.82) is 0 Å². The molecule has 0 aliphatic carbocycles. The van der Waals surface area contributed by atoms with Crippen molar-refractivity contribution in [3.8, 4) is 0 Å². The highest BCUT2D eigenvalue weighted by Crippen LogP contribution is 2.34. The Morgan fingerprint density at radius 3 is 2.41 bits per heavy atom. The van der Waals surface area contributed by atoms with Crippen LogP contribution >= 0.6 is 0 Å². The maximum absolute atomic E-state index is 14.2. The highest BCUT2D eigenvalue weighted by molar-refractivity contribution is 6.22. The fourth-order valence-corrected chi connectivity index (χ4v) is 8.51. The van der Waals surface area contributed by atoms with Crippen LogP contribution in [0.2, 0.25) is 0 Å². The molecule has 2 N–H and O–H groups in total. The number of aromatic nitrogens is 5. The van der Waals surface area contributed by atoms with Crippen LogP contribution in [0.3, 0.4) is 0 Å². The molecule has 0 spiro atoms. The van der Waals surface area contributed by atoms with Gasteiger partial charge in [-0.25, -0.2) is 28.1 Å². The monoisotopic (exact) mass is 800 g/mol. The van der Waals surface area contributed by atoms with Gasteiger partial charge < -0.3 is 24.8 Å². The third-order valence-electron chi connectivity index (χ3n) is 11.7. The third kappa shape index (κ3) is 7.10. The number of likely N-dealkylation sites (tertiary alicyclic amines) is 1. The fraction of sp³-hybridized carbons (Fsp3) is 0.474. The van der Waals surface area contributed by atoms with Gasteiger partial charge in [0.15, 0.2) is 11.3 Å². The maximum Gasteiger partial charge on any atom is 0.343 e. The summed E-state index contributed by atoms with van der Waals surface area (Å²) in [5.41, 5.74) is 1.24. The topological polar surface area (TPSA) is 183 Å². The Kier molecular flexibility index (Phi) is 9.96. The molecule has 18 nitrogen and oxygen atoms in total. The first kappa shape index (κ1) is 37.6. The van der Waals surface area contributed by atoms with Crippen molar-refractivity contribution in [2.75, 3.05) is 80.7 Å². The number of fused-ring (bicyclic) bond motifs is 2. The van der Waals surface area contributed by atoms with Crippen molar-refractivity contribution in [2.45, 2.75) is 44.6 Å².